The Bertz CT molecular complexity index is 480. The van der Waals surface area contributed by atoms with Gasteiger partial charge in [-0.1, -0.05) is 31.3 Å². The van der Waals surface area contributed by atoms with Gasteiger partial charge in [0.05, 0.1) is 18.8 Å². The summed E-state index contributed by atoms with van der Waals surface area (Å²) in [6.45, 7) is 7.12. The number of benzene rings is 1. The molecule has 0 aromatic heterocycles. The van der Waals surface area contributed by atoms with Crippen molar-refractivity contribution in [1.82, 2.24) is 4.90 Å². The molecular formula is C15H23N3O2S. The van der Waals surface area contributed by atoms with Crippen LogP contribution < -0.4 is 11.1 Å². The van der Waals surface area contributed by atoms with E-state index in [0.717, 1.165) is 13.1 Å². The number of rotatable bonds is 9. The largest absolute Gasteiger partial charge is 0.389 e. The fourth-order valence-corrected chi connectivity index (χ4v) is 2.06. The number of para-hydroxylation sites is 1. The van der Waals surface area contributed by atoms with Crippen LogP contribution in [-0.2, 0) is 9.53 Å². The van der Waals surface area contributed by atoms with Crippen LogP contribution in [0.5, 0.6) is 0 Å². The molecule has 0 fully saturated rings. The van der Waals surface area contributed by atoms with E-state index in [0.29, 0.717) is 31.0 Å². The molecule has 0 radical (unpaired) electrons. The van der Waals surface area contributed by atoms with Gasteiger partial charge in [-0.05, 0) is 25.6 Å². The first kappa shape index (κ1) is 17.6. The average Bonchev–Trinajstić information content (AvgIpc) is 2.46. The van der Waals surface area contributed by atoms with Gasteiger partial charge in [0, 0.05) is 18.7 Å². The third-order valence-corrected chi connectivity index (χ3v) is 3.26. The second-order valence-electron chi connectivity index (χ2n) is 4.52. The fraction of sp³-hybridized carbons (Fsp3) is 0.467. The van der Waals surface area contributed by atoms with E-state index in [1.807, 2.05) is 30.9 Å². The van der Waals surface area contributed by atoms with Crippen LogP contribution in [0.2, 0.25) is 0 Å². The van der Waals surface area contributed by atoms with E-state index in [1.165, 1.54) is 0 Å². The summed E-state index contributed by atoms with van der Waals surface area (Å²) in [7, 11) is 0. The second-order valence-corrected chi connectivity index (χ2v) is 4.96. The predicted molar refractivity (Wildman–Crippen MR) is 89.6 cm³/mol. The molecule has 0 spiro atoms. The SMILES string of the molecule is CCOCCN(CC)CC(=O)Nc1ccccc1C(N)=S. The number of ether oxygens (including phenoxy) is 1. The van der Waals surface area contributed by atoms with Gasteiger partial charge in [-0.2, -0.15) is 0 Å². The highest BCUT2D eigenvalue weighted by molar-refractivity contribution is 7.80. The third-order valence-electron chi connectivity index (χ3n) is 3.04. The summed E-state index contributed by atoms with van der Waals surface area (Å²) >= 11 is 4.98. The maximum Gasteiger partial charge on any atom is 0.238 e. The fourth-order valence-electron chi connectivity index (χ4n) is 1.89. The Morgan fingerprint density at radius 3 is 2.71 bits per heavy atom. The molecule has 0 aliphatic rings. The van der Waals surface area contributed by atoms with E-state index >= 15 is 0 Å². The van der Waals surface area contributed by atoms with Gasteiger partial charge in [0.15, 0.2) is 0 Å². The molecule has 6 heteroatoms. The van der Waals surface area contributed by atoms with Gasteiger partial charge in [0.1, 0.15) is 4.99 Å². The van der Waals surface area contributed by atoms with Crippen molar-refractivity contribution in [3.8, 4) is 0 Å². The number of carbonyl (C=O) groups excluding carboxylic acids is 1. The topological polar surface area (TPSA) is 67.6 Å². The minimum absolute atomic E-state index is 0.0861. The van der Waals surface area contributed by atoms with Crippen LogP contribution in [0.4, 0.5) is 5.69 Å². The monoisotopic (exact) mass is 309 g/mol. The summed E-state index contributed by atoms with van der Waals surface area (Å²) in [6, 6.07) is 7.27. The number of nitrogens with one attached hydrogen (secondary N) is 1. The van der Waals surface area contributed by atoms with E-state index in [-0.39, 0.29) is 10.9 Å². The molecule has 21 heavy (non-hydrogen) atoms. The highest BCUT2D eigenvalue weighted by Crippen LogP contribution is 2.14. The van der Waals surface area contributed by atoms with Crippen molar-refractivity contribution in [2.24, 2.45) is 5.73 Å². The molecule has 0 bridgehead atoms. The van der Waals surface area contributed by atoms with Gasteiger partial charge in [0.2, 0.25) is 5.91 Å². The summed E-state index contributed by atoms with van der Waals surface area (Å²) in [4.78, 5) is 14.4. The lowest BCUT2D eigenvalue weighted by atomic mass is 10.2. The normalized spacial score (nSPS) is 10.6. The van der Waals surface area contributed by atoms with Gasteiger partial charge >= 0.3 is 0 Å². The lowest BCUT2D eigenvalue weighted by Crippen LogP contribution is -2.35. The van der Waals surface area contributed by atoms with Crippen molar-refractivity contribution >= 4 is 28.8 Å². The Hall–Kier alpha value is -1.50. The first-order valence-corrected chi connectivity index (χ1v) is 7.48. The number of likely N-dealkylation sites (N-methyl/N-ethyl adjacent to an activating group) is 1. The van der Waals surface area contributed by atoms with Crippen LogP contribution in [0.1, 0.15) is 19.4 Å². The van der Waals surface area contributed by atoms with Crippen molar-refractivity contribution in [1.29, 1.82) is 0 Å². The standard InChI is InChI=1S/C15H23N3O2S/c1-3-18(9-10-20-4-2)11-14(19)17-13-8-6-5-7-12(13)15(16)21/h5-8H,3-4,9-11H2,1-2H3,(H2,16,21)(H,17,19). The van der Waals surface area contributed by atoms with Gasteiger partial charge in [-0.25, -0.2) is 0 Å². The van der Waals surface area contributed by atoms with E-state index in [4.69, 9.17) is 22.7 Å². The number of hydrogen-bond donors (Lipinski definition) is 2. The maximum absolute atomic E-state index is 12.1. The zero-order valence-electron chi connectivity index (χ0n) is 12.6. The summed E-state index contributed by atoms with van der Waals surface area (Å²) in [5, 5.41) is 2.86. The van der Waals surface area contributed by atoms with Crippen LogP contribution in [0.3, 0.4) is 0 Å². The number of nitrogens with zero attached hydrogens (tertiary/aromatic N) is 1. The van der Waals surface area contributed by atoms with Crippen molar-refractivity contribution in [3.63, 3.8) is 0 Å². The van der Waals surface area contributed by atoms with E-state index in [2.05, 4.69) is 5.32 Å². The lowest BCUT2D eigenvalue weighted by Gasteiger charge is -2.20. The molecule has 0 saturated carbocycles. The Balaban J connectivity index is 2.58. The number of amides is 1. The zero-order chi connectivity index (χ0) is 15.7. The van der Waals surface area contributed by atoms with Crippen LogP contribution in [0, 0.1) is 0 Å². The number of carbonyl (C=O) groups is 1. The quantitative estimate of drug-likeness (QED) is 0.536. The van der Waals surface area contributed by atoms with Gasteiger partial charge < -0.3 is 15.8 Å². The Kier molecular flexibility index (Phi) is 7.89. The van der Waals surface area contributed by atoms with Crippen LogP contribution in [0.15, 0.2) is 24.3 Å². The lowest BCUT2D eigenvalue weighted by molar-refractivity contribution is -0.117. The van der Waals surface area contributed by atoms with Crippen LogP contribution >= 0.6 is 12.2 Å². The molecule has 116 valence electrons. The summed E-state index contributed by atoms with van der Waals surface area (Å²) in [6.07, 6.45) is 0. The average molecular weight is 309 g/mol. The minimum Gasteiger partial charge on any atom is -0.389 e. The molecular weight excluding hydrogens is 286 g/mol. The molecule has 0 aliphatic carbocycles. The Labute approximate surface area is 131 Å². The number of anilines is 1. The molecule has 3 N–H and O–H groups in total. The maximum atomic E-state index is 12.1. The minimum atomic E-state index is -0.0861. The highest BCUT2D eigenvalue weighted by Gasteiger charge is 2.11. The Morgan fingerprint density at radius 2 is 2.10 bits per heavy atom. The third kappa shape index (κ3) is 6.20. The smallest absolute Gasteiger partial charge is 0.238 e. The summed E-state index contributed by atoms with van der Waals surface area (Å²) in [5.74, 6) is -0.0861. The van der Waals surface area contributed by atoms with E-state index in [9.17, 15) is 4.79 Å². The molecule has 5 nitrogen and oxygen atoms in total. The summed E-state index contributed by atoms with van der Waals surface area (Å²) in [5.41, 5.74) is 6.98. The van der Waals surface area contributed by atoms with E-state index in [1.54, 1.807) is 12.1 Å². The first-order valence-electron chi connectivity index (χ1n) is 7.07. The molecule has 1 rings (SSSR count). The molecule has 0 saturated heterocycles. The molecule has 1 amide bonds. The molecule has 0 unspecified atom stereocenters. The summed E-state index contributed by atoms with van der Waals surface area (Å²) < 4.78 is 5.31. The number of thiocarbonyl (C=S) groups is 1. The molecule has 0 aliphatic heterocycles. The van der Waals surface area contributed by atoms with Gasteiger partial charge in [-0.3, -0.25) is 9.69 Å². The van der Waals surface area contributed by atoms with Crippen molar-refractivity contribution in [2.45, 2.75) is 13.8 Å². The molecule has 1 aromatic carbocycles. The highest BCUT2D eigenvalue weighted by atomic mass is 32.1. The predicted octanol–water partition coefficient (Wildman–Crippen LogP) is 1.62. The van der Waals surface area contributed by atoms with Crippen LogP contribution in [-0.4, -0.2) is 48.6 Å². The molecule has 0 heterocycles. The van der Waals surface area contributed by atoms with Gasteiger partial charge in [-0.15, -0.1) is 0 Å². The molecule has 1 aromatic rings. The van der Waals surface area contributed by atoms with Crippen molar-refractivity contribution < 1.29 is 9.53 Å². The van der Waals surface area contributed by atoms with Crippen molar-refractivity contribution in [3.05, 3.63) is 29.8 Å². The van der Waals surface area contributed by atoms with Crippen LogP contribution in [0.25, 0.3) is 0 Å². The molecule has 0 atom stereocenters. The number of hydrogen-bond acceptors (Lipinski definition) is 4. The number of nitrogens with two attached hydrogens (primary N) is 1. The first-order chi connectivity index (χ1) is 10.1. The van der Waals surface area contributed by atoms with E-state index < -0.39 is 0 Å². The Morgan fingerprint density at radius 1 is 1.38 bits per heavy atom. The van der Waals surface area contributed by atoms with Crippen molar-refractivity contribution in [2.75, 3.05) is 38.2 Å². The second kappa shape index (κ2) is 9.44. The van der Waals surface area contributed by atoms with Gasteiger partial charge in [0.25, 0.3) is 0 Å². The zero-order valence-corrected chi connectivity index (χ0v) is 13.4.